The second-order valence-electron chi connectivity index (χ2n) is 7.24. The number of nitrogens with zero attached hydrogens (tertiary/aromatic N) is 5. The molecule has 0 aliphatic carbocycles. The molecule has 0 spiro atoms. The highest BCUT2D eigenvalue weighted by Crippen LogP contribution is 2.24. The molecule has 9 heteroatoms. The number of hydrogen-bond acceptors (Lipinski definition) is 8. The Hall–Kier alpha value is -3.72. The maximum absolute atomic E-state index is 12.7. The number of rotatable bonds is 6. The number of esters is 1. The first kappa shape index (κ1) is 20.2. The van der Waals surface area contributed by atoms with Crippen LogP contribution >= 0.6 is 11.8 Å². The quantitative estimate of drug-likeness (QED) is 0.278. The molecule has 32 heavy (non-hydrogen) atoms. The second kappa shape index (κ2) is 8.43. The molecule has 3 aromatic heterocycles. The van der Waals surface area contributed by atoms with Crippen molar-refractivity contribution in [3.05, 3.63) is 83.0 Å². The molecule has 0 atom stereocenters. The van der Waals surface area contributed by atoms with Gasteiger partial charge in [0, 0.05) is 17.1 Å². The summed E-state index contributed by atoms with van der Waals surface area (Å²) in [6, 6.07) is 16.7. The predicted octanol–water partition coefficient (Wildman–Crippen LogP) is 4.53. The number of aromatic nitrogens is 5. The van der Waals surface area contributed by atoms with Crippen LogP contribution in [0.5, 0.6) is 0 Å². The van der Waals surface area contributed by atoms with Crippen LogP contribution in [0.15, 0.2) is 64.2 Å². The van der Waals surface area contributed by atoms with Crippen LogP contribution in [0, 0.1) is 13.8 Å². The van der Waals surface area contributed by atoms with Crippen molar-refractivity contribution in [3.63, 3.8) is 0 Å². The minimum absolute atomic E-state index is 0.0344. The average Bonchev–Trinajstić information content (AvgIpc) is 3.40. The Morgan fingerprint density at radius 3 is 2.75 bits per heavy atom. The summed E-state index contributed by atoms with van der Waals surface area (Å²) in [5, 5.41) is 5.11. The first-order valence-electron chi connectivity index (χ1n) is 10.00. The van der Waals surface area contributed by atoms with Crippen molar-refractivity contribution in [1.82, 2.24) is 24.6 Å². The Balaban J connectivity index is 1.29. The van der Waals surface area contributed by atoms with Gasteiger partial charge in [0.05, 0.1) is 5.56 Å². The minimum Gasteiger partial charge on any atom is -0.452 e. The number of hydrogen-bond donors (Lipinski definition) is 0. The van der Waals surface area contributed by atoms with E-state index in [2.05, 4.69) is 20.1 Å². The van der Waals surface area contributed by atoms with Gasteiger partial charge < -0.3 is 9.15 Å². The summed E-state index contributed by atoms with van der Waals surface area (Å²) in [6.07, 6.45) is 0. The molecule has 8 nitrogen and oxygen atoms in total. The van der Waals surface area contributed by atoms with E-state index in [-0.39, 0.29) is 6.61 Å². The molecule has 0 N–H and O–H groups in total. The van der Waals surface area contributed by atoms with Crippen LogP contribution in [0.2, 0.25) is 0 Å². The van der Waals surface area contributed by atoms with E-state index in [1.807, 2.05) is 62.4 Å². The van der Waals surface area contributed by atoms with Gasteiger partial charge in [0.25, 0.3) is 5.78 Å². The molecule has 5 rings (SSSR count). The van der Waals surface area contributed by atoms with Crippen LogP contribution in [0.4, 0.5) is 0 Å². The zero-order chi connectivity index (χ0) is 22.1. The summed E-state index contributed by atoms with van der Waals surface area (Å²) in [7, 11) is 0. The topological polar surface area (TPSA) is 95.4 Å². The molecule has 0 aliphatic rings. The Kier molecular flexibility index (Phi) is 5.32. The van der Waals surface area contributed by atoms with Crippen molar-refractivity contribution in [3.8, 4) is 0 Å². The Bertz CT molecular complexity index is 1410. The third kappa shape index (κ3) is 4.06. The third-order valence-electron chi connectivity index (χ3n) is 4.86. The Morgan fingerprint density at radius 2 is 1.88 bits per heavy atom. The molecular weight excluding hydrogens is 426 g/mol. The summed E-state index contributed by atoms with van der Waals surface area (Å²) < 4.78 is 12.8. The standard InChI is InChI=1S/C23H19N5O3S/c1-14-11-15(2)28-22(24-14)26-23(27-28)32-13-16-7-3-4-8-17(16)21(29)30-12-20-25-18-9-5-6-10-19(18)31-20/h3-11H,12-13H2,1-2H3. The fourth-order valence-electron chi connectivity index (χ4n) is 3.38. The van der Waals surface area contributed by atoms with Crippen molar-refractivity contribution < 1.29 is 13.9 Å². The highest BCUT2D eigenvalue weighted by Gasteiger charge is 2.16. The van der Waals surface area contributed by atoms with Gasteiger partial charge in [-0.15, -0.1) is 5.10 Å². The average molecular weight is 446 g/mol. The number of para-hydroxylation sites is 2. The second-order valence-corrected chi connectivity index (χ2v) is 8.18. The molecule has 5 aromatic rings. The third-order valence-corrected chi connectivity index (χ3v) is 5.74. The van der Waals surface area contributed by atoms with Gasteiger partial charge in [0.15, 0.2) is 12.2 Å². The fraction of sp³-hybridized carbons (Fsp3) is 0.174. The molecule has 0 radical (unpaired) electrons. The molecule has 0 bridgehead atoms. The van der Waals surface area contributed by atoms with Crippen LogP contribution in [0.25, 0.3) is 16.9 Å². The molecule has 0 saturated carbocycles. The Morgan fingerprint density at radius 1 is 1.06 bits per heavy atom. The van der Waals surface area contributed by atoms with E-state index < -0.39 is 5.97 Å². The van der Waals surface area contributed by atoms with Crippen molar-refractivity contribution in [2.24, 2.45) is 0 Å². The normalized spacial score (nSPS) is 11.3. The van der Waals surface area contributed by atoms with E-state index in [0.29, 0.717) is 33.7 Å². The van der Waals surface area contributed by atoms with Crippen molar-refractivity contribution in [2.75, 3.05) is 0 Å². The highest BCUT2D eigenvalue weighted by atomic mass is 32.2. The van der Waals surface area contributed by atoms with Gasteiger partial charge in [-0.05, 0) is 43.7 Å². The monoisotopic (exact) mass is 445 g/mol. The lowest BCUT2D eigenvalue weighted by Gasteiger charge is -2.07. The summed E-state index contributed by atoms with van der Waals surface area (Å²) in [5.41, 5.74) is 4.58. The number of ether oxygens (including phenoxy) is 1. The number of carbonyl (C=O) groups is 1. The number of oxazole rings is 1. The molecule has 3 heterocycles. The lowest BCUT2D eigenvalue weighted by molar-refractivity contribution is 0.0439. The lowest BCUT2D eigenvalue weighted by Crippen LogP contribution is -2.08. The van der Waals surface area contributed by atoms with Crippen molar-refractivity contribution >= 4 is 34.6 Å². The van der Waals surface area contributed by atoms with Gasteiger partial charge in [-0.3, -0.25) is 0 Å². The molecule has 2 aromatic carbocycles. The number of aryl methyl sites for hydroxylation is 2. The van der Waals surface area contributed by atoms with Crippen LogP contribution in [0.3, 0.4) is 0 Å². The van der Waals surface area contributed by atoms with E-state index in [1.54, 1.807) is 10.6 Å². The molecule has 0 amide bonds. The number of thioether (sulfide) groups is 1. The molecule has 0 saturated heterocycles. The van der Waals surface area contributed by atoms with Crippen molar-refractivity contribution in [1.29, 1.82) is 0 Å². The largest absolute Gasteiger partial charge is 0.452 e. The van der Waals surface area contributed by atoms with Gasteiger partial charge >= 0.3 is 5.97 Å². The minimum atomic E-state index is -0.431. The van der Waals surface area contributed by atoms with Gasteiger partial charge in [0.2, 0.25) is 11.0 Å². The van der Waals surface area contributed by atoms with Crippen molar-refractivity contribution in [2.45, 2.75) is 31.4 Å². The predicted molar refractivity (Wildman–Crippen MR) is 119 cm³/mol. The molecule has 0 fully saturated rings. The van der Waals surface area contributed by atoms with E-state index in [0.717, 1.165) is 22.5 Å². The molecule has 0 unspecified atom stereocenters. The highest BCUT2D eigenvalue weighted by molar-refractivity contribution is 7.98. The number of benzene rings is 2. The zero-order valence-electron chi connectivity index (χ0n) is 17.5. The summed E-state index contributed by atoms with van der Waals surface area (Å²) >= 11 is 1.44. The molecule has 0 aliphatic heterocycles. The van der Waals surface area contributed by atoms with Gasteiger partial charge in [-0.2, -0.15) is 4.98 Å². The first-order valence-corrected chi connectivity index (χ1v) is 11.0. The van der Waals surface area contributed by atoms with Crippen LogP contribution in [-0.2, 0) is 17.1 Å². The van der Waals surface area contributed by atoms with Gasteiger partial charge in [0.1, 0.15) is 5.52 Å². The number of fused-ring (bicyclic) bond motifs is 2. The maximum Gasteiger partial charge on any atom is 0.338 e. The summed E-state index contributed by atoms with van der Waals surface area (Å²) in [5.74, 6) is 1.01. The van der Waals surface area contributed by atoms with E-state index in [1.165, 1.54) is 11.8 Å². The van der Waals surface area contributed by atoms with Crippen LogP contribution in [0.1, 0.15) is 33.2 Å². The van der Waals surface area contributed by atoms with E-state index in [9.17, 15) is 4.79 Å². The number of carbonyl (C=O) groups excluding carboxylic acids is 1. The van der Waals surface area contributed by atoms with Gasteiger partial charge in [-0.1, -0.05) is 42.1 Å². The smallest absolute Gasteiger partial charge is 0.338 e. The summed E-state index contributed by atoms with van der Waals surface area (Å²) in [6.45, 7) is 3.86. The zero-order valence-corrected chi connectivity index (χ0v) is 18.3. The first-order chi connectivity index (χ1) is 15.6. The molecule has 160 valence electrons. The van der Waals surface area contributed by atoms with Gasteiger partial charge in [-0.25, -0.2) is 19.3 Å². The van der Waals surface area contributed by atoms with E-state index >= 15 is 0 Å². The Labute approximate surface area is 187 Å². The molecular formula is C23H19N5O3S. The van der Waals surface area contributed by atoms with Crippen LogP contribution in [-0.4, -0.2) is 30.5 Å². The maximum atomic E-state index is 12.7. The summed E-state index contributed by atoms with van der Waals surface area (Å²) in [4.78, 5) is 26.0. The lowest BCUT2D eigenvalue weighted by atomic mass is 10.1. The fourth-order valence-corrected chi connectivity index (χ4v) is 4.21. The van der Waals surface area contributed by atoms with Crippen LogP contribution < -0.4 is 0 Å². The van der Waals surface area contributed by atoms with E-state index in [4.69, 9.17) is 9.15 Å². The SMILES string of the molecule is Cc1cc(C)n2nc(SCc3ccccc3C(=O)OCc3nc4ccccc4o3)nc2n1.